The van der Waals surface area contributed by atoms with Gasteiger partial charge in [-0.2, -0.15) is 4.89 Å². The van der Waals surface area contributed by atoms with Gasteiger partial charge in [0, 0.05) is 6.61 Å². The summed E-state index contributed by atoms with van der Waals surface area (Å²) in [6.45, 7) is 7.55. The third-order valence-corrected chi connectivity index (χ3v) is 2.48. The zero-order chi connectivity index (χ0) is 12.8. The lowest BCUT2D eigenvalue weighted by molar-refractivity contribution is -0.249. The molecule has 102 valence electrons. The first-order chi connectivity index (χ1) is 8.31. The Morgan fingerprint density at radius 1 is 1.00 bits per heavy atom. The molecule has 0 bridgehead atoms. The van der Waals surface area contributed by atoms with Gasteiger partial charge in [0.2, 0.25) is 0 Å². The monoisotopic (exact) mass is 244 g/mol. The first kappa shape index (κ1) is 16.5. The molecule has 1 atom stereocenters. The van der Waals surface area contributed by atoms with Crippen LogP contribution in [0.2, 0.25) is 0 Å². The van der Waals surface area contributed by atoms with Gasteiger partial charge in [-0.25, -0.2) is 0 Å². The minimum atomic E-state index is 0.0812. The van der Waals surface area contributed by atoms with E-state index in [1.165, 1.54) is 32.1 Å². The summed E-state index contributed by atoms with van der Waals surface area (Å²) in [6, 6.07) is 0. The number of unbranched alkanes of at least 4 members (excludes halogenated alkanes) is 5. The molecule has 0 aliphatic rings. The van der Waals surface area contributed by atoms with Crippen molar-refractivity contribution in [1.29, 1.82) is 0 Å². The van der Waals surface area contributed by atoms with Crippen LogP contribution >= 0.6 is 0 Å². The molecule has 3 heteroatoms. The van der Waals surface area contributed by atoms with Crippen molar-refractivity contribution in [1.82, 2.24) is 0 Å². The van der Waals surface area contributed by atoms with Crippen molar-refractivity contribution in [3.8, 4) is 0 Å². The quantitative estimate of drug-likeness (QED) is 0.222. The van der Waals surface area contributed by atoms with Crippen molar-refractivity contribution >= 4 is 0 Å². The van der Waals surface area contributed by atoms with Crippen molar-refractivity contribution in [3.05, 3.63) is 12.3 Å². The molecule has 0 fully saturated rings. The number of ether oxygens (including phenoxy) is 1. The van der Waals surface area contributed by atoms with Crippen LogP contribution in [0.3, 0.4) is 0 Å². The Morgan fingerprint density at radius 3 is 2.41 bits per heavy atom. The van der Waals surface area contributed by atoms with E-state index in [4.69, 9.17) is 14.5 Å². The van der Waals surface area contributed by atoms with Crippen LogP contribution in [-0.4, -0.2) is 19.3 Å². The molecule has 0 radical (unpaired) electrons. The third-order valence-electron chi connectivity index (χ3n) is 2.48. The highest BCUT2D eigenvalue weighted by Crippen LogP contribution is 2.05. The van der Waals surface area contributed by atoms with Crippen LogP contribution in [0.25, 0.3) is 0 Å². The van der Waals surface area contributed by atoms with E-state index < -0.39 is 0 Å². The average Bonchev–Trinajstić information content (AvgIpc) is 2.32. The lowest BCUT2D eigenvalue weighted by Crippen LogP contribution is -2.03. The molecule has 0 saturated carbocycles. The van der Waals surface area contributed by atoms with E-state index in [1.807, 2.05) is 19.9 Å². The first-order valence-corrected chi connectivity index (χ1v) is 6.87. The molecule has 17 heavy (non-hydrogen) atoms. The normalized spacial score (nSPS) is 13.1. The highest BCUT2D eigenvalue weighted by atomic mass is 17.2. The van der Waals surface area contributed by atoms with Crippen molar-refractivity contribution in [2.75, 3.05) is 13.2 Å². The van der Waals surface area contributed by atoms with Crippen molar-refractivity contribution < 1.29 is 14.5 Å². The van der Waals surface area contributed by atoms with Crippen LogP contribution in [0.1, 0.15) is 59.3 Å². The molecule has 3 nitrogen and oxygen atoms in total. The lowest BCUT2D eigenvalue weighted by Gasteiger charge is -2.05. The Morgan fingerprint density at radius 2 is 1.71 bits per heavy atom. The Labute approximate surface area is 106 Å². The predicted molar refractivity (Wildman–Crippen MR) is 70.6 cm³/mol. The molecular formula is C14H28O3. The molecule has 0 saturated heterocycles. The Hall–Kier alpha value is -0.540. The Kier molecular flexibility index (Phi) is 13.1. The maximum atomic E-state index is 5.30. The maximum absolute atomic E-state index is 5.30. The first-order valence-electron chi connectivity index (χ1n) is 6.87. The van der Waals surface area contributed by atoms with Gasteiger partial charge in [-0.1, -0.05) is 39.0 Å². The third kappa shape index (κ3) is 13.4. The van der Waals surface area contributed by atoms with E-state index in [-0.39, 0.29) is 6.10 Å². The fourth-order valence-corrected chi connectivity index (χ4v) is 1.49. The van der Waals surface area contributed by atoms with Crippen LogP contribution in [0.15, 0.2) is 12.3 Å². The van der Waals surface area contributed by atoms with Gasteiger partial charge in [-0.3, -0.25) is 0 Å². The van der Waals surface area contributed by atoms with Gasteiger partial charge < -0.3 is 9.62 Å². The fourth-order valence-electron chi connectivity index (χ4n) is 1.49. The van der Waals surface area contributed by atoms with Crippen molar-refractivity contribution in [2.45, 2.75) is 65.4 Å². The topological polar surface area (TPSA) is 27.7 Å². The standard InChI is InChI=1S/C14H28O3/c1-4-6-7-8-9-10-12-16-17-13-11-14(3)15-5-2/h11,13-14H,4-10,12H2,1-3H3/b13-11-. The highest BCUT2D eigenvalue weighted by molar-refractivity contribution is 4.79. The Bertz CT molecular complexity index is 169. The smallest absolute Gasteiger partial charge is 0.128 e. The maximum Gasteiger partial charge on any atom is 0.128 e. The summed E-state index contributed by atoms with van der Waals surface area (Å²) < 4.78 is 5.30. The van der Waals surface area contributed by atoms with Crippen LogP contribution < -0.4 is 0 Å². The molecule has 0 rings (SSSR count). The van der Waals surface area contributed by atoms with E-state index in [0.717, 1.165) is 6.42 Å². The zero-order valence-corrected chi connectivity index (χ0v) is 11.6. The summed E-state index contributed by atoms with van der Waals surface area (Å²) in [5, 5.41) is 0. The molecule has 1 unspecified atom stereocenters. The summed E-state index contributed by atoms with van der Waals surface area (Å²) in [7, 11) is 0. The van der Waals surface area contributed by atoms with Gasteiger partial charge >= 0.3 is 0 Å². The van der Waals surface area contributed by atoms with Crippen molar-refractivity contribution in [2.24, 2.45) is 0 Å². The van der Waals surface area contributed by atoms with Gasteiger partial charge in [0.1, 0.15) is 6.26 Å². The summed E-state index contributed by atoms with van der Waals surface area (Å²) >= 11 is 0. The molecule has 0 aromatic carbocycles. The number of hydrogen-bond donors (Lipinski definition) is 0. The van der Waals surface area contributed by atoms with E-state index in [2.05, 4.69) is 6.92 Å². The fraction of sp³-hybridized carbons (Fsp3) is 0.857. The van der Waals surface area contributed by atoms with E-state index in [0.29, 0.717) is 13.2 Å². The number of rotatable bonds is 12. The minimum Gasteiger partial charge on any atom is -0.375 e. The van der Waals surface area contributed by atoms with Gasteiger partial charge in [-0.05, 0) is 26.3 Å². The summed E-state index contributed by atoms with van der Waals surface area (Å²) in [5.74, 6) is 0. The highest BCUT2D eigenvalue weighted by Gasteiger charge is 1.93. The largest absolute Gasteiger partial charge is 0.375 e. The second-order valence-corrected chi connectivity index (χ2v) is 4.17. The SMILES string of the molecule is CCCCCCCCOO/C=C\C(C)OCC. The van der Waals surface area contributed by atoms with Gasteiger partial charge in [0.15, 0.2) is 0 Å². The van der Waals surface area contributed by atoms with Gasteiger partial charge in [0.05, 0.1) is 12.7 Å². The molecule has 0 aromatic heterocycles. The molecule has 0 spiro atoms. The molecule has 0 aliphatic heterocycles. The van der Waals surface area contributed by atoms with Crippen LogP contribution in [0, 0.1) is 0 Å². The van der Waals surface area contributed by atoms with E-state index in [9.17, 15) is 0 Å². The summed E-state index contributed by atoms with van der Waals surface area (Å²) in [6.07, 6.45) is 11.0. The molecule has 0 amide bonds. The second-order valence-electron chi connectivity index (χ2n) is 4.17. The minimum absolute atomic E-state index is 0.0812. The molecule has 0 heterocycles. The van der Waals surface area contributed by atoms with Crippen LogP contribution in [-0.2, 0) is 14.5 Å². The van der Waals surface area contributed by atoms with Gasteiger partial charge in [-0.15, -0.1) is 0 Å². The summed E-state index contributed by atoms with van der Waals surface area (Å²) in [4.78, 5) is 9.94. The number of hydrogen-bond acceptors (Lipinski definition) is 3. The second kappa shape index (κ2) is 13.5. The molecule has 0 aromatic rings. The Balaban J connectivity index is 3.12. The van der Waals surface area contributed by atoms with E-state index in [1.54, 1.807) is 6.26 Å². The zero-order valence-electron chi connectivity index (χ0n) is 11.6. The van der Waals surface area contributed by atoms with Crippen LogP contribution in [0.4, 0.5) is 0 Å². The summed E-state index contributed by atoms with van der Waals surface area (Å²) in [5.41, 5.74) is 0. The van der Waals surface area contributed by atoms with E-state index >= 15 is 0 Å². The van der Waals surface area contributed by atoms with Crippen molar-refractivity contribution in [3.63, 3.8) is 0 Å². The predicted octanol–water partition coefficient (Wildman–Crippen LogP) is 4.23. The van der Waals surface area contributed by atoms with Crippen LogP contribution in [0.5, 0.6) is 0 Å². The van der Waals surface area contributed by atoms with Gasteiger partial charge in [0.25, 0.3) is 0 Å². The lowest BCUT2D eigenvalue weighted by atomic mass is 10.1. The molecule has 0 N–H and O–H groups in total. The average molecular weight is 244 g/mol. The molecular weight excluding hydrogens is 216 g/mol. The molecule has 0 aliphatic carbocycles.